The number of nitrogens with zero attached hydrogens (tertiary/aromatic N) is 2. The van der Waals surface area contributed by atoms with Crippen LogP contribution in [0.3, 0.4) is 0 Å². The van der Waals surface area contributed by atoms with E-state index in [0.29, 0.717) is 9.70 Å². The number of amides is 1. The topological polar surface area (TPSA) is 68.5 Å². The van der Waals surface area contributed by atoms with Gasteiger partial charge >= 0.3 is 0 Å². The molecule has 0 aliphatic heterocycles. The van der Waals surface area contributed by atoms with Crippen LogP contribution in [-0.4, -0.2) is 24.6 Å². The summed E-state index contributed by atoms with van der Waals surface area (Å²) < 4.78 is 27.8. The van der Waals surface area contributed by atoms with Crippen LogP contribution in [0.4, 0.5) is 0 Å². The molecule has 5 nitrogen and oxygen atoms in total. The molecule has 0 N–H and O–H groups in total. The standard InChI is InChI=1S/C21H24N2O3S2/c1-14-7-9-17(10-8-14)28(25,26)11-5-6-19(24)22-21-23(4)20-16(3)12-15(2)13-18(20)27-21/h7-10,12-13H,5-6,11H2,1-4H3. The summed E-state index contributed by atoms with van der Waals surface area (Å²) in [6.07, 6.45) is 0.364. The lowest BCUT2D eigenvalue weighted by atomic mass is 10.1. The molecule has 2 aromatic carbocycles. The van der Waals surface area contributed by atoms with E-state index in [9.17, 15) is 13.2 Å². The molecule has 0 spiro atoms. The molecule has 0 radical (unpaired) electrons. The lowest BCUT2D eigenvalue weighted by Gasteiger charge is -2.04. The molecule has 1 aromatic heterocycles. The average Bonchev–Trinajstić information content (AvgIpc) is 2.90. The van der Waals surface area contributed by atoms with Gasteiger partial charge in [-0.3, -0.25) is 4.79 Å². The number of hydrogen-bond donors (Lipinski definition) is 0. The molecule has 1 amide bonds. The number of benzene rings is 2. The van der Waals surface area contributed by atoms with Crippen LogP contribution in [0, 0.1) is 20.8 Å². The van der Waals surface area contributed by atoms with Crippen LogP contribution in [0.2, 0.25) is 0 Å². The van der Waals surface area contributed by atoms with Crippen molar-refractivity contribution >= 4 is 37.3 Å². The normalized spacial score (nSPS) is 12.6. The lowest BCUT2D eigenvalue weighted by molar-refractivity contribution is -0.118. The molecule has 0 aliphatic carbocycles. The van der Waals surface area contributed by atoms with Gasteiger partial charge in [0, 0.05) is 13.5 Å². The van der Waals surface area contributed by atoms with Crippen molar-refractivity contribution in [1.29, 1.82) is 0 Å². The molecule has 0 saturated heterocycles. The zero-order chi connectivity index (χ0) is 20.5. The fraction of sp³-hybridized carbons (Fsp3) is 0.333. The first-order valence-corrected chi connectivity index (χ1v) is 11.6. The third-order valence-corrected chi connectivity index (χ3v) is 7.53. The zero-order valence-electron chi connectivity index (χ0n) is 16.5. The molecule has 0 bridgehead atoms. The summed E-state index contributed by atoms with van der Waals surface area (Å²) in [5.74, 6) is -0.357. The molecule has 1 heterocycles. The third kappa shape index (κ3) is 4.42. The van der Waals surface area contributed by atoms with Gasteiger partial charge in [-0.1, -0.05) is 35.1 Å². The van der Waals surface area contributed by atoms with Crippen LogP contribution in [0.1, 0.15) is 29.5 Å². The number of hydrogen-bond acceptors (Lipinski definition) is 4. The molecule has 0 saturated carbocycles. The maximum absolute atomic E-state index is 12.4. The van der Waals surface area contributed by atoms with Crippen LogP contribution < -0.4 is 4.80 Å². The van der Waals surface area contributed by atoms with Crippen molar-refractivity contribution in [2.24, 2.45) is 12.0 Å². The Balaban J connectivity index is 1.72. The summed E-state index contributed by atoms with van der Waals surface area (Å²) in [6, 6.07) is 11.0. The van der Waals surface area contributed by atoms with Gasteiger partial charge in [-0.2, -0.15) is 4.99 Å². The Bertz CT molecular complexity index is 1200. The summed E-state index contributed by atoms with van der Waals surface area (Å²) >= 11 is 1.47. The maximum atomic E-state index is 12.4. The van der Waals surface area contributed by atoms with Gasteiger partial charge in [0.05, 0.1) is 20.9 Å². The van der Waals surface area contributed by atoms with Crippen molar-refractivity contribution in [1.82, 2.24) is 4.57 Å². The highest BCUT2D eigenvalue weighted by Gasteiger charge is 2.15. The second-order valence-electron chi connectivity index (χ2n) is 7.11. The van der Waals surface area contributed by atoms with Gasteiger partial charge in [0.25, 0.3) is 0 Å². The fourth-order valence-corrected chi connectivity index (χ4v) is 5.75. The fourth-order valence-electron chi connectivity index (χ4n) is 3.23. The molecule has 28 heavy (non-hydrogen) atoms. The van der Waals surface area contributed by atoms with Crippen LogP contribution >= 0.6 is 11.3 Å². The molecule has 3 aromatic rings. The summed E-state index contributed by atoms with van der Waals surface area (Å²) in [5, 5.41) is 0. The van der Waals surface area contributed by atoms with E-state index in [4.69, 9.17) is 0 Å². The summed E-state index contributed by atoms with van der Waals surface area (Å²) in [6.45, 7) is 6.00. The summed E-state index contributed by atoms with van der Waals surface area (Å²) in [7, 11) is -1.48. The maximum Gasteiger partial charge on any atom is 0.248 e. The predicted octanol–water partition coefficient (Wildman–Crippen LogP) is 3.85. The highest BCUT2D eigenvalue weighted by atomic mass is 32.2. The van der Waals surface area contributed by atoms with Gasteiger partial charge in [-0.15, -0.1) is 0 Å². The Labute approximate surface area is 169 Å². The molecule has 0 unspecified atom stereocenters. The number of carbonyl (C=O) groups is 1. The third-order valence-electron chi connectivity index (χ3n) is 4.64. The number of thiazole rings is 1. The molecule has 0 fully saturated rings. The Hall–Kier alpha value is -2.25. The van der Waals surface area contributed by atoms with Crippen LogP contribution in [0.5, 0.6) is 0 Å². The van der Waals surface area contributed by atoms with Gasteiger partial charge in [0.15, 0.2) is 14.6 Å². The van der Waals surface area contributed by atoms with E-state index in [1.807, 2.05) is 32.4 Å². The number of carbonyl (C=O) groups excluding carboxylic acids is 1. The minimum atomic E-state index is -3.38. The minimum Gasteiger partial charge on any atom is -0.319 e. The summed E-state index contributed by atoms with van der Waals surface area (Å²) in [4.78, 5) is 17.4. The zero-order valence-corrected chi connectivity index (χ0v) is 18.2. The SMILES string of the molecule is Cc1ccc(S(=O)(=O)CCCC(=O)N=c2sc3cc(C)cc(C)c3n2C)cc1. The van der Waals surface area contributed by atoms with E-state index in [0.717, 1.165) is 21.3 Å². The molecule has 7 heteroatoms. The second kappa shape index (κ2) is 8.01. The average molecular weight is 417 g/mol. The monoisotopic (exact) mass is 416 g/mol. The second-order valence-corrected chi connectivity index (χ2v) is 10.2. The van der Waals surface area contributed by atoms with Crippen molar-refractivity contribution in [2.75, 3.05) is 5.75 Å². The number of aromatic nitrogens is 1. The smallest absolute Gasteiger partial charge is 0.248 e. The van der Waals surface area contributed by atoms with Crippen molar-refractivity contribution in [3.05, 3.63) is 57.9 Å². The van der Waals surface area contributed by atoms with E-state index in [2.05, 4.69) is 17.1 Å². The Morgan fingerprint density at radius 1 is 1.07 bits per heavy atom. The lowest BCUT2D eigenvalue weighted by Crippen LogP contribution is -2.14. The van der Waals surface area contributed by atoms with E-state index in [1.54, 1.807) is 24.3 Å². The quantitative estimate of drug-likeness (QED) is 0.634. The van der Waals surface area contributed by atoms with E-state index in [1.165, 1.54) is 16.9 Å². The summed E-state index contributed by atoms with van der Waals surface area (Å²) in [5.41, 5.74) is 4.40. The molecule has 0 atom stereocenters. The Kier molecular flexibility index (Phi) is 5.86. The van der Waals surface area contributed by atoms with Crippen LogP contribution in [0.25, 0.3) is 10.2 Å². The first-order chi connectivity index (χ1) is 13.2. The van der Waals surface area contributed by atoms with Crippen molar-refractivity contribution in [3.8, 4) is 0 Å². The molecular weight excluding hydrogens is 392 g/mol. The van der Waals surface area contributed by atoms with Crippen molar-refractivity contribution in [2.45, 2.75) is 38.5 Å². The van der Waals surface area contributed by atoms with Crippen molar-refractivity contribution in [3.63, 3.8) is 0 Å². The molecular formula is C21H24N2O3S2. The van der Waals surface area contributed by atoms with E-state index < -0.39 is 9.84 Å². The number of sulfone groups is 1. The predicted molar refractivity (Wildman–Crippen MR) is 113 cm³/mol. The number of rotatable bonds is 5. The number of fused-ring (bicyclic) bond motifs is 1. The largest absolute Gasteiger partial charge is 0.319 e. The van der Waals surface area contributed by atoms with Gasteiger partial charge in [0.2, 0.25) is 5.91 Å². The highest BCUT2D eigenvalue weighted by Crippen LogP contribution is 2.22. The van der Waals surface area contributed by atoms with Gasteiger partial charge in [-0.05, 0) is 56.5 Å². The van der Waals surface area contributed by atoms with Crippen molar-refractivity contribution < 1.29 is 13.2 Å². The van der Waals surface area contributed by atoms with E-state index >= 15 is 0 Å². The van der Waals surface area contributed by atoms with E-state index in [-0.39, 0.29) is 24.5 Å². The van der Waals surface area contributed by atoms with Gasteiger partial charge in [0.1, 0.15) is 0 Å². The van der Waals surface area contributed by atoms with Gasteiger partial charge in [-0.25, -0.2) is 8.42 Å². The molecule has 3 rings (SSSR count). The first kappa shape index (κ1) is 20.5. The Morgan fingerprint density at radius 3 is 2.43 bits per heavy atom. The Morgan fingerprint density at radius 2 is 1.75 bits per heavy atom. The van der Waals surface area contributed by atoms with Crippen LogP contribution in [-0.2, 0) is 21.7 Å². The highest BCUT2D eigenvalue weighted by molar-refractivity contribution is 7.91. The first-order valence-electron chi connectivity index (χ1n) is 9.11. The minimum absolute atomic E-state index is 0.0613. The van der Waals surface area contributed by atoms with Crippen LogP contribution in [0.15, 0.2) is 46.3 Å². The molecule has 148 valence electrons. The van der Waals surface area contributed by atoms with Gasteiger partial charge < -0.3 is 4.57 Å². The number of aryl methyl sites for hydroxylation is 4. The molecule has 0 aliphatic rings.